The molecular weight excluding hydrogens is 400 g/mol. The van der Waals surface area contributed by atoms with Gasteiger partial charge < -0.3 is 14.5 Å². The number of hydrogen-bond acceptors (Lipinski definition) is 6. The molecule has 2 heterocycles. The van der Waals surface area contributed by atoms with Crippen molar-refractivity contribution in [3.8, 4) is 17.1 Å². The molecule has 0 aliphatic carbocycles. The van der Waals surface area contributed by atoms with Crippen LogP contribution in [0.1, 0.15) is 25.6 Å². The van der Waals surface area contributed by atoms with E-state index in [2.05, 4.69) is 15.5 Å². The molecule has 0 aliphatic heterocycles. The second kappa shape index (κ2) is 8.70. The lowest BCUT2D eigenvalue weighted by atomic mass is 10.2. The van der Waals surface area contributed by atoms with Crippen molar-refractivity contribution in [1.82, 2.24) is 14.8 Å². The van der Waals surface area contributed by atoms with Crippen LogP contribution in [0.5, 0.6) is 5.75 Å². The van der Waals surface area contributed by atoms with Gasteiger partial charge in [-0.1, -0.05) is 23.4 Å². The summed E-state index contributed by atoms with van der Waals surface area (Å²) in [5, 5.41) is 12.6. The number of nitrogens with one attached hydrogen (secondary N) is 1. The third-order valence-corrected chi connectivity index (χ3v) is 5.23. The van der Waals surface area contributed by atoms with Gasteiger partial charge in [0.1, 0.15) is 11.5 Å². The quantitative estimate of drug-likeness (QED) is 0.552. The number of benzene rings is 1. The molecule has 1 aromatic carbocycles. The molecule has 1 amide bonds. The zero-order valence-corrected chi connectivity index (χ0v) is 17.6. The number of carbonyl (C=O) groups is 1. The van der Waals surface area contributed by atoms with Gasteiger partial charge in [0.2, 0.25) is 5.91 Å². The second-order valence-electron chi connectivity index (χ2n) is 6.34. The Hall–Kier alpha value is -2.45. The van der Waals surface area contributed by atoms with E-state index in [4.69, 9.17) is 20.8 Å². The molecule has 7 nitrogen and oxygen atoms in total. The monoisotopic (exact) mass is 420 g/mol. The Kier molecular flexibility index (Phi) is 6.31. The van der Waals surface area contributed by atoms with Crippen molar-refractivity contribution in [1.29, 1.82) is 0 Å². The number of thioether (sulfide) groups is 1. The van der Waals surface area contributed by atoms with E-state index in [1.165, 1.54) is 18.9 Å². The standard InChI is InChI=1S/C19H21ClN4O3S/c1-11(2)24-18(14-7-8-27-12(14)3)22-23-19(24)28-10-17(25)21-15-9-13(20)5-6-16(15)26-4/h5-9,11H,10H2,1-4H3,(H,21,25). The van der Waals surface area contributed by atoms with Gasteiger partial charge in [0, 0.05) is 11.1 Å². The fourth-order valence-electron chi connectivity index (χ4n) is 2.74. The second-order valence-corrected chi connectivity index (χ2v) is 7.72. The zero-order valence-electron chi connectivity index (χ0n) is 16.0. The highest BCUT2D eigenvalue weighted by molar-refractivity contribution is 7.99. The summed E-state index contributed by atoms with van der Waals surface area (Å²) < 4.78 is 12.6. The summed E-state index contributed by atoms with van der Waals surface area (Å²) in [7, 11) is 1.54. The lowest BCUT2D eigenvalue weighted by Crippen LogP contribution is -2.15. The number of aryl methyl sites for hydroxylation is 1. The number of aromatic nitrogens is 3. The predicted molar refractivity (Wildman–Crippen MR) is 110 cm³/mol. The molecule has 0 radical (unpaired) electrons. The van der Waals surface area contributed by atoms with Crippen LogP contribution >= 0.6 is 23.4 Å². The predicted octanol–water partition coefficient (Wildman–Crippen LogP) is 4.82. The van der Waals surface area contributed by atoms with Crippen LogP contribution in [0.15, 0.2) is 40.1 Å². The van der Waals surface area contributed by atoms with E-state index in [-0.39, 0.29) is 17.7 Å². The molecule has 148 valence electrons. The molecule has 0 fully saturated rings. The van der Waals surface area contributed by atoms with Gasteiger partial charge in [0.05, 0.1) is 30.4 Å². The molecule has 9 heteroatoms. The number of hydrogen-bond donors (Lipinski definition) is 1. The van der Waals surface area contributed by atoms with Crippen molar-refractivity contribution in [2.75, 3.05) is 18.2 Å². The molecule has 0 unspecified atom stereocenters. The average Bonchev–Trinajstić information content (AvgIpc) is 3.25. The van der Waals surface area contributed by atoms with Crippen molar-refractivity contribution in [2.45, 2.75) is 32.0 Å². The minimum Gasteiger partial charge on any atom is -0.495 e. The van der Waals surface area contributed by atoms with E-state index in [9.17, 15) is 4.79 Å². The van der Waals surface area contributed by atoms with E-state index in [0.29, 0.717) is 21.6 Å². The van der Waals surface area contributed by atoms with Gasteiger partial charge in [-0.05, 0) is 45.0 Å². The van der Waals surface area contributed by atoms with Gasteiger partial charge >= 0.3 is 0 Å². The number of rotatable bonds is 7. The SMILES string of the molecule is COc1ccc(Cl)cc1NC(=O)CSc1nnc(-c2ccoc2C)n1C(C)C. The maximum Gasteiger partial charge on any atom is 0.234 e. The molecule has 0 bridgehead atoms. The van der Waals surface area contributed by atoms with Crippen molar-refractivity contribution < 1.29 is 13.9 Å². The Morgan fingerprint density at radius 3 is 2.79 bits per heavy atom. The van der Waals surface area contributed by atoms with Gasteiger partial charge in [-0.2, -0.15) is 0 Å². The van der Waals surface area contributed by atoms with E-state index in [1.54, 1.807) is 24.5 Å². The van der Waals surface area contributed by atoms with E-state index in [1.807, 2.05) is 31.4 Å². The van der Waals surface area contributed by atoms with Crippen molar-refractivity contribution in [2.24, 2.45) is 0 Å². The van der Waals surface area contributed by atoms with Crippen molar-refractivity contribution in [3.63, 3.8) is 0 Å². The highest BCUT2D eigenvalue weighted by Crippen LogP contribution is 2.31. The van der Waals surface area contributed by atoms with Gasteiger partial charge in [-0.3, -0.25) is 9.36 Å². The first-order valence-corrected chi connectivity index (χ1v) is 10.0. The summed E-state index contributed by atoms with van der Waals surface area (Å²) in [4.78, 5) is 12.4. The van der Waals surface area contributed by atoms with E-state index >= 15 is 0 Å². The maximum atomic E-state index is 12.4. The average molecular weight is 421 g/mol. The Balaban J connectivity index is 1.74. The number of furan rings is 1. The van der Waals surface area contributed by atoms with Gasteiger partial charge in [0.25, 0.3) is 0 Å². The number of carbonyl (C=O) groups excluding carboxylic acids is 1. The lowest BCUT2D eigenvalue weighted by molar-refractivity contribution is -0.113. The van der Waals surface area contributed by atoms with Crippen LogP contribution in [-0.2, 0) is 4.79 Å². The van der Waals surface area contributed by atoms with Crippen molar-refractivity contribution in [3.05, 3.63) is 41.3 Å². The Morgan fingerprint density at radius 2 is 2.14 bits per heavy atom. The number of methoxy groups -OCH3 is 1. The summed E-state index contributed by atoms with van der Waals surface area (Å²) in [6, 6.07) is 7.05. The van der Waals surface area contributed by atoms with Gasteiger partial charge in [-0.25, -0.2) is 0 Å². The molecule has 2 aromatic heterocycles. The topological polar surface area (TPSA) is 82.2 Å². The fraction of sp³-hybridized carbons (Fsp3) is 0.316. The van der Waals surface area contributed by atoms with Crippen LogP contribution in [0.4, 0.5) is 5.69 Å². The van der Waals surface area contributed by atoms with E-state index < -0.39 is 0 Å². The molecule has 1 N–H and O–H groups in total. The van der Waals surface area contributed by atoms with Gasteiger partial charge in [-0.15, -0.1) is 10.2 Å². The molecule has 3 aromatic rings. The van der Waals surface area contributed by atoms with Crippen LogP contribution in [0, 0.1) is 6.92 Å². The molecule has 0 saturated heterocycles. The smallest absolute Gasteiger partial charge is 0.234 e. The van der Waals surface area contributed by atoms with E-state index in [0.717, 1.165) is 17.1 Å². The summed E-state index contributed by atoms with van der Waals surface area (Å²) in [5.74, 6) is 2.03. The molecular formula is C19H21ClN4O3S. The zero-order chi connectivity index (χ0) is 20.3. The number of ether oxygens (including phenoxy) is 1. The summed E-state index contributed by atoms with van der Waals surface area (Å²) in [6.45, 7) is 5.97. The summed E-state index contributed by atoms with van der Waals surface area (Å²) in [6.07, 6.45) is 1.63. The minimum atomic E-state index is -0.190. The highest BCUT2D eigenvalue weighted by atomic mass is 35.5. The van der Waals surface area contributed by atoms with Crippen LogP contribution in [-0.4, -0.2) is 33.5 Å². The normalized spacial score (nSPS) is 11.1. The van der Waals surface area contributed by atoms with Crippen LogP contribution in [0.2, 0.25) is 5.02 Å². The van der Waals surface area contributed by atoms with Crippen LogP contribution < -0.4 is 10.1 Å². The number of nitrogens with zero attached hydrogens (tertiary/aromatic N) is 3. The number of anilines is 1. The fourth-order valence-corrected chi connectivity index (χ4v) is 3.78. The lowest BCUT2D eigenvalue weighted by Gasteiger charge is -2.14. The van der Waals surface area contributed by atoms with Gasteiger partial charge in [0.15, 0.2) is 11.0 Å². The van der Waals surface area contributed by atoms with Crippen LogP contribution in [0.25, 0.3) is 11.4 Å². The Morgan fingerprint density at radius 1 is 1.36 bits per heavy atom. The van der Waals surface area contributed by atoms with Crippen LogP contribution in [0.3, 0.4) is 0 Å². The summed E-state index contributed by atoms with van der Waals surface area (Å²) >= 11 is 7.33. The minimum absolute atomic E-state index is 0.123. The molecule has 28 heavy (non-hydrogen) atoms. The maximum absolute atomic E-state index is 12.4. The number of amides is 1. The first-order valence-electron chi connectivity index (χ1n) is 8.66. The third-order valence-electron chi connectivity index (χ3n) is 4.05. The molecule has 0 aliphatic rings. The first-order chi connectivity index (χ1) is 13.4. The third kappa shape index (κ3) is 4.34. The first kappa shape index (κ1) is 20.3. The molecule has 0 saturated carbocycles. The Bertz CT molecular complexity index is 983. The highest BCUT2D eigenvalue weighted by Gasteiger charge is 2.20. The van der Waals surface area contributed by atoms with Crippen molar-refractivity contribution >= 4 is 35.0 Å². The number of halogens is 1. The Labute approximate surface area is 172 Å². The molecule has 0 atom stereocenters. The molecule has 0 spiro atoms. The molecule has 3 rings (SSSR count). The summed E-state index contributed by atoms with van der Waals surface area (Å²) in [5.41, 5.74) is 1.42. The largest absolute Gasteiger partial charge is 0.495 e.